The lowest BCUT2D eigenvalue weighted by atomic mass is 9.96. The fourth-order valence-corrected chi connectivity index (χ4v) is 5.34. The zero-order valence-electron chi connectivity index (χ0n) is 19.3. The fraction of sp³-hybridized carbons (Fsp3) is 0.250. The number of H-pyrrole nitrogens is 1. The highest BCUT2D eigenvalue weighted by Crippen LogP contribution is 2.42. The van der Waals surface area contributed by atoms with Crippen molar-refractivity contribution in [2.75, 3.05) is 5.73 Å². The molecule has 13 heteroatoms. The van der Waals surface area contributed by atoms with Gasteiger partial charge in [-0.2, -0.15) is 9.07 Å². The van der Waals surface area contributed by atoms with E-state index >= 15 is 4.39 Å². The Bertz CT molecular complexity index is 1540. The van der Waals surface area contributed by atoms with Gasteiger partial charge in [0.05, 0.1) is 34.2 Å². The molecule has 0 spiro atoms. The van der Waals surface area contributed by atoms with Gasteiger partial charge in [-0.15, -0.1) is 5.10 Å². The number of rotatable bonds is 4. The summed E-state index contributed by atoms with van der Waals surface area (Å²) >= 11 is 6.11. The van der Waals surface area contributed by atoms with Gasteiger partial charge in [-0.1, -0.05) is 11.6 Å². The number of halogens is 3. The topological polar surface area (TPSA) is 132 Å². The molecule has 6 rings (SSSR count). The van der Waals surface area contributed by atoms with Gasteiger partial charge in [0.1, 0.15) is 18.0 Å². The number of pyridine rings is 1. The maximum atomic E-state index is 15.3. The summed E-state index contributed by atoms with van der Waals surface area (Å²) in [6.07, 6.45) is 6.85. The lowest BCUT2D eigenvalue weighted by molar-refractivity contribution is -0.128. The van der Waals surface area contributed by atoms with E-state index in [0.29, 0.717) is 42.0 Å². The highest BCUT2D eigenvalue weighted by Gasteiger charge is 2.40. The second-order valence-corrected chi connectivity index (χ2v) is 9.37. The van der Waals surface area contributed by atoms with Gasteiger partial charge in [0.25, 0.3) is 0 Å². The number of amides is 1. The first-order valence-electron chi connectivity index (χ1n) is 11.6. The summed E-state index contributed by atoms with van der Waals surface area (Å²) in [6, 6.07) is 5.68. The molecule has 10 nitrogen and oxygen atoms in total. The van der Waals surface area contributed by atoms with Gasteiger partial charge in [-0.05, 0) is 65.9 Å². The Kier molecular flexibility index (Phi) is 5.67. The predicted molar refractivity (Wildman–Crippen MR) is 130 cm³/mol. The third kappa shape index (κ3) is 4.02. The molecule has 0 bridgehead atoms. The number of nitrogens with one attached hydrogen (secondary N) is 1. The van der Waals surface area contributed by atoms with Crippen molar-refractivity contribution in [2.45, 2.75) is 37.8 Å². The Morgan fingerprint density at radius 2 is 2.00 bits per heavy atom. The van der Waals surface area contributed by atoms with Crippen LogP contribution in [0.15, 0.2) is 42.9 Å². The van der Waals surface area contributed by atoms with Gasteiger partial charge >= 0.3 is 0 Å². The maximum Gasteiger partial charge on any atom is 0.247 e. The van der Waals surface area contributed by atoms with E-state index in [2.05, 4.69) is 30.5 Å². The van der Waals surface area contributed by atoms with Crippen molar-refractivity contribution in [3.05, 3.63) is 71.0 Å². The zero-order valence-corrected chi connectivity index (χ0v) is 20.0. The van der Waals surface area contributed by atoms with Gasteiger partial charge in [0, 0.05) is 17.7 Å². The van der Waals surface area contributed by atoms with Crippen LogP contribution in [0.1, 0.15) is 43.1 Å². The minimum atomic E-state index is -0.708. The Morgan fingerprint density at radius 1 is 1.14 bits per heavy atom. The number of nitrogens with two attached hydrogens (primary N) is 1. The zero-order chi connectivity index (χ0) is 25.7. The predicted octanol–water partition coefficient (Wildman–Crippen LogP) is 3.87. The Hall–Kier alpha value is -4.19. The quantitative estimate of drug-likeness (QED) is 0.388. The average molecular weight is 524 g/mol. The summed E-state index contributed by atoms with van der Waals surface area (Å²) in [5.74, 6) is -0.985. The lowest BCUT2D eigenvalue weighted by Gasteiger charge is -2.27. The number of nitrogens with zero attached hydrogens (tertiary/aromatic N) is 7. The number of carbonyl (C=O) groups excluding carboxylic acids is 1. The summed E-state index contributed by atoms with van der Waals surface area (Å²) < 4.78 is 31.0. The molecule has 3 aromatic heterocycles. The third-order valence-electron chi connectivity index (χ3n) is 6.86. The molecular weight excluding hydrogens is 504 g/mol. The highest BCUT2D eigenvalue weighted by molar-refractivity contribution is 6.31. The van der Waals surface area contributed by atoms with Crippen molar-refractivity contribution in [1.82, 2.24) is 40.1 Å². The molecule has 0 aliphatic carbocycles. The van der Waals surface area contributed by atoms with E-state index in [1.165, 1.54) is 41.5 Å². The number of aromatic nitrogens is 7. The smallest absolute Gasteiger partial charge is 0.247 e. The molecule has 1 unspecified atom stereocenters. The van der Waals surface area contributed by atoms with E-state index in [-0.39, 0.29) is 40.0 Å². The number of imidazole rings is 1. The van der Waals surface area contributed by atoms with Crippen LogP contribution in [0.2, 0.25) is 5.02 Å². The average Bonchev–Trinajstić information content (AvgIpc) is 3.63. The number of hydrogen-bond donors (Lipinski definition) is 2. The van der Waals surface area contributed by atoms with Crippen LogP contribution in [0.5, 0.6) is 0 Å². The first-order chi connectivity index (χ1) is 17.9. The van der Waals surface area contributed by atoms with Crippen LogP contribution in [0.3, 0.4) is 0 Å². The summed E-state index contributed by atoms with van der Waals surface area (Å²) in [5, 5.41) is 11.1. The Labute approximate surface area is 214 Å². The van der Waals surface area contributed by atoms with E-state index in [1.54, 1.807) is 11.0 Å². The Morgan fingerprint density at radius 3 is 2.78 bits per heavy atom. The second-order valence-electron chi connectivity index (χ2n) is 8.97. The monoisotopic (exact) mass is 523 g/mol. The number of carbonyl (C=O) groups is 1. The largest absolute Gasteiger partial charge is 0.384 e. The first kappa shape index (κ1) is 23.2. The van der Waals surface area contributed by atoms with Crippen molar-refractivity contribution < 1.29 is 13.6 Å². The number of anilines is 1. The van der Waals surface area contributed by atoms with Crippen LogP contribution >= 0.6 is 11.6 Å². The normalized spacial score (nSPS) is 19.6. The van der Waals surface area contributed by atoms with Crippen molar-refractivity contribution in [2.24, 2.45) is 0 Å². The molecule has 4 aromatic rings. The van der Waals surface area contributed by atoms with Crippen molar-refractivity contribution in [1.29, 1.82) is 0 Å². The van der Waals surface area contributed by atoms with Crippen LogP contribution in [0.4, 0.5) is 14.6 Å². The van der Waals surface area contributed by atoms with Crippen molar-refractivity contribution in [3.63, 3.8) is 0 Å². The van der Waals surface area contributed by atoms with Crippen LogP contribution in [0, 0.1) is 11.8 Å². The third-order valence-corrected chi connectivity index (χ3v) is 7.15. The van der Waals surface area contributed by atoms with Gasteiger partial charge in [0.2, 0.25) is 11.9 Å². The molecule has 1 amide bonds. The van der Waals surface area contributed by atoms with Gasteiger partial charge in [0.15, 0.2) is 5.82 Å². The summed E-state index contributed by atoms with van der Waals surface area (Å²) in [4.78, 5) is 26.6. The number of fused-ring (bicyclic) bond motifs is 1. The van der Waals surface area contributed by atoms with Crippen molar-refractivity contribution >= 4 is 28.9 Å². The van der Waals surface area contributed by atoms with Crippen LogP contribution in [-0.2, 0) is 4.79 Å². The second kappa shape index (κ2) is 9.04. The molecule has 188 valence electrons. The Balaban J connectivity index is 1.34. The van der Waals surface area contributed by atoms with Gasteiger partial charge in [-0.25, -0.2) is 14.4 Å². The summed E-state index contributed by atoms with van der Waals surface area (Å²) in [7, 11) is 0. The first-order valence-corrected chi connectivity index (χ1v) is 12.0. The molecule has 2 aliphatic rings. The molecule has 1 saturated heterocycles. The molecule has 37 heavy (non-hydrogen) atoms. The standard InChI is InChI=1S/C24H20ClF2N9O/c25-15-5-7-17(35-11-30-33-34-35)21(22(15)26)12-1-2-13-3-6-18(36(13)20(37)9-12)24-29-10-16(31-24)14-4-8-19(28)32-23(14)27/h4-5,7-11,13,18H,1-3,6H2,(H2,28,32)(H,29,31)/t13?,18-/m0/s1. The van der Waals surface area contributed by atoms with Crippen LogP contribution in [-0.4, -0.2) is 52.0 Å². The van der Waals surface area contributed by atoms with Gasteiger partial charge in [-0.3, -0.25) is 4.79 Å². The maximum absolute atomic E-state index is 15.3. The molecule has 0 saturated carbocycles. The number of allylic oxidation sites excluding steroid dienone is 1. The van der Waals surface area contributed by atoms with E-state index in [4.69, 9.17) is 17.3 Å². The minimum absolute atomic E-state index is 0.0599. The molecular formula is C24H20ClF2N9O. The molecule has 1 aromatic carbocycles. The fourth-order valence-electron chi connectivity index (χ4n) is 5.18. The molecule has 2 atom stereocenters. The van der Waals surface area contributed by atoms with E-state index in [1.807, 2.05) is 0 Å². The lowest BCUT2D eigenvalue weighted by Crippen LogP contribution is -2.35. The number of nitrogen functional groups attached to an aromatic ring is 1. The minimum Gasteiger partial charge on any atom is -0.384 e. The molecule has 1 fully saturated rings. The molecule has 3 N–H and O–H groups in total. The number of tetrazole rings is 1. The SMILES string of the molecule is Nc1ccc(-c2cnc([C@@H]3CCC4CCC(c5c(-n6cnnn6)ccc(Cl)c5F)=CC(=O)N43)[nH]2)c(F)n1. The highest BCUT2D eigenvalue weighted by atomic mass is 35.5. The van der Waals surface area contributed by atoms with Gasteiger partial charge < -0.3 is 15.6 Å². The van der Waals surface area contributed by atoms with Crippen LogP contribution in [0.25, 0.3) is 22.5 Å². The van der Waals surface area contributed by atoms with E-state index in [0.717, 1.165) is 6.42 Å². The molecule has 5 heterocycles. The summed E-state index contributed by atoms with van der Waals surface area (Å²) in [5.41, 5.74) is 7.32. The van der Waals surface area contributed by atoms with E-state index < -0.39 is 11.8 Å². The molecule has 2 aliphatic heterocycles. The van der Waals surface area contributed by atoms with Crippen molar-refractivity contribution in [3.8, 4) is 16.9 Å². The van der Waals surface area contributed by atoms with Crippen LogP contribution < -0.4 is 5.73 Å². The van der Waals surface area contributed by atoms with E-state index in [9.17, 15) is 9.18 Å². The number of aromatic amines is 1. The molecule has 0 radical (unpaired) electrons. The number of benzene rings is 1. The number of hydrogen-bond acceptors (Lipinski definition) is 7. The summed E-state index contributed by atoms with van der Waals surface area (Å²) in [6.45, 7) is 0.